The van der Waals surface area contributed by atoms with E-state index in [1.807, 2.05) is 51.3 Å². The molecule has 0 aliphatic carbocycles. The summed E-state index contributed by atoms with van der Waals surface area (Å²) in [7, 11) is 0. The summed E-state index contributed by atoms with van der Waals surface area (Å²) in [6.07, 6.45) is 0. The van der Waals surface area contributed by atoms with Crippen LogP contribution in [-0.4, -0.2) is 28.7 Å². The van der Waals surface area contributed by atoms with Gasteiger partial charge in [0.2, 0.25) is 0 Å². The molecule has 3 rings (SSSR count). The molecule has 1 aromatic carbocycles. The highest BCUT2D eigenvalue weighted by Crippen LogP contribution is 2.39. The number of rotatable bonds is 6. The van der Waals surface area contributed by atoms with Crippen molar-refractivity contribution in [2.45, 2.75) is 40.7 Å². The van der Waals surface area contributed by atoms with Crippen molar-refractivity contribution in [3.63, 3.8) is 0 Å². The van der Waals surface area contributed by atoms with Gasteiger partial charge in [0.15, 0.2) is 0 Å². The van der Waals surface area contributed by atoms with Gasteiger partial charge in [-0.25, -0.2) is 5.43 Å². The first kappa shape index (κ1) is 22.7. The molecular formula is C23H25N3O3S2. The van der Waals surface area contributed by atoms with Gasteiger partial charge in [-0.1, -0.05) is 18.2 Å². The Kier molecular flexibility index (Phi) is 6.92. The fraction of sp³-hybridized carbons (Fsp3) is 0.261. The molecule has 162 valence electrons. The zero-order chi connectivity index (χ0) is 22.7. The molecule has 31 heavy (non-hydrogen) atoms. The lowest BCUT2D eigenvalue weighted by atomic mass is 10.0. The molecule has 2 heterocycles. The van der Waals surface area contributed by atoms with Crippen molar-refractivity contribution in [1.82, 2.24) is 10.7 Å². The average molecular weight is 456 g/mol. The molecule has 0 aliphatic rings. The molecule has 3 N–H and O–H groups in total. The number of aryl methyl sites for hydroxylation is 2. The largest absolute Gasteiger partial charge is 0.506 e. The molecule has 0 saturated heterocycles. The van der Waals surface area contributed by atoms with Crippen LogP contribution in [0.3, 0.4) is 0 Å². The number of benzene rings is 1. The van der Waals surface area contributed by atoms with Gasteiger partial charge in [0, 0.05) is 11.4 Å². The fourth-order valence-electron chi connectivity index (χ4n) is 2.86. The Morgan fingerprint density at radius 1 is 1.03 bits per heavy atom. The highest BCUT2D eigenvalue weighted by atomic mass is 32.1. The van der Waals surface area contributed by atoms with Gasteiger partial charge in [-0.15, -0.1) is 22.7 Å². The van der Waals surface area contributed by atoms with E-state index in [0.29, 0.717) is 21.0 Å². The van der Waals surface area contributed by atoms with E-state index in [9.17, 15) is 14.7 Å². The Hall–Kier alpha value is -2.97. The molecule has 0 spiro atoms. The van der Waals surface area contributed by atoms with Gasteiger partial charge in [0.05, 0.1) is 25.9 Å². The number of aromatic hydroxyl groups is 1. The SMILES string of the molecule is CC(=NNC(=O)c1ccc(C(=O)NC(C)C)s1)c1csc(-c2ccc(C)c(C)c2)c1O. The second-order valence-electron chi connectivity index (χ2n) is 7.56. The zero-order valence-corrected chi connectivity index (χ0v) is 19.7. The van der Waals surface area contributed by atoms with E-state index in [1.165, 1.54) is 16.9 Å². The fourth-order valence-corrected chi connectivity index (χ4v) is 4.66. The molecule has 6 nitrogen and oxygen atoms in total. The Morgan fingerprint density at radius 3 is 2.35 bits per heavy atom. The normalized spacial score (nSPS) is 11.6. The molecule has 2 aromatic heterocycles. The van der Waals surface area contributed by atoms with E-state index in [0.717, 1.165) is 27.3 Å². The third-order valence-electron chi connectivity index (χ3n) is 4.72. The maximum atomic E-state index is 12.4. The van der Waals surface area contributed by atoms with E-state index in [4.69, 9.17) is 0 Å². The van der Waals surface area contributed by atoms with Crippen LogP contribution in [0.15, 0.2) is 40.8 Å². The van der Waals surface area contributed by atoms with E-state index in [-0.39, 0.29) is 17.7 Å². The van der Waals surface area contributed by atoms with Gasteiger partial charge < -0.3 is 10.4 Å². The van der Waals surface area contributed by atoms with Crippen molar-refractivity contribution in [2.24, 2.45) is 5.10 Å². The summed E-state index contributed by atoms with van der Waals surface area (Å²) in [5.74, 6) is -0.467. The van der Waals surface area contributed by atoms with Crippen molar-refractivity contribution < 1.29 is 14.7 Å². The monoisotopic (exact) mass is 455 g/mol. The third kappa shape index (κ3) is 5.21. The van der Waals surface area contributed by atoms with Crippen LogP contribution in [0.2, 0.25) is 0 Å². The van der Waals surface area contributed by atoms with E-state index in [1.54, 1.807) is 19.1 Å². The van der Waals surface area contributed by atoms with Crippen LogP contribution in [0.1, 0.15) is 56.8 Å². The lowest BCUT2D eigenvalue weighted by Gasteiger charge is -2.06. The van der Waals surface area contributed by atoms with Gasteiger partial charge in [-0.3, -0.25) is 9.59 Å². The number of hydrogen-bond donors (Lipinski definition) is 3. The van der Waals surface area contributed by atoms with Crippen LogP contribution in [0.5, 0.6) is 5.75 Å². The molecule has 0 bridgehead atoms. The topological polar surface area (TPSA) is 90.8 Å². The van der Waals surface area contributed by atoms with Gasteiger partial charge in [0.25, 0.3) is 11.8 Å². The summed E-state index contributed by atoms with van der Waals surface area (Å²) >= 11 is 2.53. The van der Waals surface area contributed by atoms with Crippen LogP contribution in [0, 0.1) is 13.8 Å². The molecule has 0 saturated carbocycles. The van der Waals surface area contributed by atoms with Crippen LogP contribution in [0.4, 0.5) is 0 Å². The van der Waals surface area contributed by atoms with Crippen molar-refractivity contribution in [1.29, 1.82) is 0 Å². The second kappa shape index (κ2) is 9.45. The second-order valence-corrected chi connectivity index (χ2v) is 9.52. The Labute approximate surface area is 189 Å². The number of nitrogens with one attached hydrogen (secondary N) is 2. The van der Waals surface area contributed by atoms with E-state index in [2.05, 4.69) is 15.8 Å². The molecule has 8 heteroatoms. The highest BCUT2D eigenvalue weighted by molar-refractivity contribution is 7.16. The smallest absolute Gasteiger partial charge is 0.281 e. The minimum Gasteiger partial charge on any atom is -0.506 e. The number of hydrazone groups is 1. The van der Waals surface area contributed by atoms with Crippen molar-refractivity contribution in [2.75, 3.05) is 0 Å². The molecule has 3 aromatic rings. The summed E-state index contributed by atoms with van der Waals surface area (Å²) < 4.78 is 0. The number of carbonyl (C=O) groups is 2. The van der Waals surface area contributed by atoms with E-state index >= 15 is 0 Å². The Balaban J connectivity index is 1.73. The first-order valence-electron chi connectivity index (χ1n) is 9.81. The van der Waals surface area contributed by atoms with Crippen LogP contribution >= 0.6 is 22.7 Å². The number of nitrogens with zero attached hydrogens (tertiary/aromatic N) is 1. The molecular weight excluding hydrogens is 430 g/mol. The maximum absolute atomic E-state index is 12.4. The minimum atomic E-state index is -0.406. The van der Waals surface area contributed by atoms with Crippen LogP contribution in [-0.2, 0) is 0 Å². The molecule has 2 amide bonds. The van der Waals surface area contributed by atoms with Gasteiger partial charge in [-0.05, 0) is 63.4 Å². The predicted octanol–water partition coefficient (Wildman–Crippen LogP) is 5.09. The quantitative estimate of drug-likeness (QED) is 0.357. The van der Waals surface area contributed by atoms with Crippen molar-refractivity contribution in [3.05, 3.63) is 62.2 Å². The molecule has 0 fully saturated rings. The average Bonchev–Trinajstić information content (AvgIpc) is 3.35. The summed E-state index contributed by atoms with van der Waals surface area (Å²) in [6.45, 7) is 9.56. The summed E-state index contributed by atoms with van der Waals surface area (Å²) in [5, 5.41) is 19.5. The number of hydrogen-bond acceptors (Lipinski definition) is 6. The molecule has 0 unspecified atom stereocenters. The minimum absolute atomic E-state index is 0.0196. The highest BCUT2D eigenvalue weighted by Gasteiger charge is 2.17. The maximum Gasteiger partial charge on any atom is 0.281 e. The molecule has 0 radical (unpaired) electrons. The predicted molar refractivity (Wildman–Crippen MR) is 127 cm³/mol. The Morgan fingerprint density at radius 2 is 1.71 bits per heavy atom. The van der Waals surface area contributed by atoms with Crippen molar-refractivity contribution >= 4 is 40.2 Å². The van der Waals surface area contributed by atoms with Gasteiger partial charge >= 0.3 is 0 Å². The van der Waals surface area contributed by atoms with Crippen LogP contribution < -0.4 is 10.7 Å². The summed E-state index contributed by atoms with van der Waals surface area (Å²) in [4.78, 5) is 26.1. The molecule has 0 atom stereocenters. The lowest BCUT2D eigenvalue weighted by Crippen LogP contribution is -2.29. The summed E-state index contributed by atoms with van der Waals surface area (Å²) in [6, 6.07) is 9.29. The first-order valence-corrected chi connectivity index (χ1v) is 11.5. The number of carbonyl (C=O) groups excluding carboxylic acids is 2. The molecule has 0 aliphatic heterocycles. The zero-order valence-electron chi connectivity index (χ0n) is 18.1. The number of thiophene rings is 2. The third-order valence-corrected chi connectivity index (χ3v) is 6.82. The first-order chi connectivity index (χ1) is 14.7. The van der Waals surface area contributed by atoms with Gasteiger partial charge in [-0.2, -0.15) is 5.10 Å². The lowest BCUT2D eigenvalue weighted by molar-refractivity contribution is 0.0944. The standard InChI is InChI=1S/C23H25N3O3S2/c1-12(2)24-22(28)18-8-9-19(31-18)23(29)26-25-15(5)17-11-30-21(20(17)27)16-7-6-13(3)14(4)10-16/h6-12,27H,1-5H3,(H,24,28)(H,26,29). The van der Waals surface area contributed by atoms with Crippen LogP contribution in [0.25, 0.3) is 10.4 Å². The van der Waals surface area contributed by atoms with Gasteiger partial charge in [0.1, 0.15) is 5.75 Å². The summed E-state index contributed by atoms with van der Waals surface area (Å²) in [5.41, 5.74) is 6.86. The van der Waals surface area contributed by atoms with E-state index < -0.39 is 5.91 Å². The number of amides is 2. The Bertz CT molecular complexity index is 1160. The van der Waals surface area contributed by atoms with Crippen molar-refractivity contribution in [3.8, 4) is 16.2 Å².